The molecule has 0 fully saturated rings. The number of nitrogens with zero attached hydrogens (tertiary/aromatic N) is 3. The third-order valence-corrected chi connectivity index (χ3v) is 3.03. The van der Waals surface area contributed by atoms with E-state index in [4.69, 9.17) is 10.00 Å². The molecule has 0 saturated heterocycles. The quantitative estimate of drug-likeness (QED) is 0.805. The first-order valence-electron chi connectivity index (χ1n) is 5.87. The van der Waals surface area contributed by atoms with Crippen LogP contribution in [-0.4, -0.2) is 9.97 Å². The molecule has 0 bridgehead atoms. The fourth-order valence-corrected chi connectivity index (χ4v) is 2.13. The maximum absolute atomic E-state index is 8.73. The molecule has 1 aromatic carbocycles. The summed E-state index contributed by atoms with van der Waals surface area (Å²) in [4.78, 5) is 8.44. The predicted molar refractivity (Wildman–Crippen MR) is 65.3 cm³/mol. The molecule has 4 nitrogen and oxygen atoms in total. The van der Waals surface area contributed by atoms with Crippen LogP contribution in [0.4, 0.5) is 0 Å². The summed E-state index contributed by atoms with van der Waals surface area (Å²) in [5.74, 6) is 1.34. The minimum absolute atomic E-state index is 0.621. The van der Waals surface area contributed by atoms with Crippen LogP contribution in [0.5, 0.6) is 11.6 Å². The molecule has 1 aromatic heterocycles. The van der Waals surface area contributed by atoms with Gasteiger partial charge in [0.2, 0.25) is 5.88 Å². The van der Waals surface area contributed by atoms with Gasteiger partial charge in [-0.05, 0) is 43.5 Å². The molecule has 88 valence electrons. The molecular weight excluding hydrogens is 226 g/mol. The Balaban J connectivity index is 1.88. The second-order valence-corrected chi connectivity index (χ2v) is 4.20. The molecule has 1 aliphatic rings. The van der Waals surface area contributed by atoms with Gasteiger partial charge in [-0.25, -0.2) is 9.97 Å². The second-order valence-electron chi connectivity index (χ2n) is 4.20. The number of hydrogen-bond donors (Lipinski definition) is 0. The second kappa shape index (κ2) is 4.46. The van der Waals surface area contributed by atoms with Crippen molar-refractivity contribution in [2.75, 3.05) is 0 Å². The summed E-state index contributed by atoms with van der Waals surface area (Å²) in [6, 6.07) is 9.10. The molecule has 1 aliphatic carbocycles. The van der Waals surface area contributed by atoms with Crippen LogP contribution in [0.3, 0.4) is 0 Å². The molecule has 2 aromatic rings. The van der Waals surface area contributed by atoms with E-state index in [9.17, 15) is 0 Å². The Morgan fingerprint density at radius 3 is 2.72 bits per heavy atom. The summed E-state index contributed by atoms with van der Waals surface area (Å²) in [7, 11) is 0. The lowest BCUT2D eigenvalue weighted by molar-refractivity contribution is 0.455. The largest absolute Gasteiger partial charge is 0.439 e. The van der Waals surface area contributed by atoms with Crippen molar-refractivity contribution < 1.29 is 4.74 Å². The summed E-state index contributed by atoms with van der Waals surface area (Å²) in [5.41, 5.74) is 2.82. The van der Waals surface area contributed by atoms with E-state index in [1.54, 1.807) is 30.6 Å². The standard InChI is InChI=1S/C14H11N3O/c15-8-10-4-6-11(7-5-10)18-14-12-2-1-3-13(12)16-9-17-14/h4-7,9H,1-3H2. The first-order valence-corrected chi connectivity index (χ1v) is 5.87. The summed E-state index contributed by atoms with van der Waals surface area (Å²) in [6.07, 6.45) is 4.63. The van der Waals surface area contributed by atoms with E-state index in [-0.39, 0.29) is 0 Å². The summed E-state index contributed by atoms with van der Waals surface area (Å²) >= 11 is 0. The maximum atomic E-state index is 8.73. The first kappa shape index (κ1) is 10.7. The van der Waals surface area contributed by atoms with E-state index in [1.807, 2.05) is 0 Å². The van der Waals surface area contributed by atoms with Crippen molar-refractivity contribution in [1.82, 2.24) is 9.97 Å². The number of nitriles is 1. The monoisotopic (exact) mass is 237 g/mol. The SMILES string of the molecule is N#Cc1ccc(Oc2ncnc3c2CCC3)cc1. The molecule has 0 aliphatic heterocycles. The normalized spacial score (nSPS) is 12.8. The highest BCUT2D eigenvalue weighted by Gasteiger charge is 2.18. The fourth-order valence-electron chi connectivity index (χ4n) is 2.13. The van der Waals surface area contributed by atoms with E-state index in [2.05, 4.69) is 16.0 Å². The molecule has 0 amide bonds. The highest BCUT2D eigenvalue weighted by atomic mass is 16.5. The highest BCUT2D eigenvalue weighted by molar-refractivity contribution is 5.39. The Kier molecular flexibility index (Phi) is 2.66. The van der Waals surface area contributed by atoms with Gasteiger partial charge in [-0.1, -0.05) is 0 Å². The van der Waals surface area contributed by atoms with Gasteiger partial charge >= 0.3 is 0 Å². The fraction of sp³-hybridized carbons (Fsp3) is 0.214. The summed E-state index contributed by atoms with van der Waals surface area (Å²) in [5, 5.41) is 8.73. The smallest absolute Gasteiger partial charge is 0.225 e. The first-order chi connectivity index (χ1) is 8.86. The molecule has 0 spiro atoms. The lowest BCUT2D eigenvalue weighted by Gasteiger charge is -2.08. The Bertz CT molecular complexity index is 614. The van der Waals surface area contributed by atoms with Crippen molar-refractivity contribution in [1.29, 1.82) is 5.26 Å². The molecule has 3 rings (SSSR count). The third kappa shape index (κ3) is 1.91. The van der Waals surface area contributed by atoms with Crippen molar-refractivity contribution in [2.24, 2.45) is 0 Å². The molecule has 0 atom stereocenters. The number of benzene rings is 1. The van der Waals surface area contributed by atoms with Crippen LogP contribution in [0, 0.1) is 11.3 Å². The van der Waals surface area contributed by atoms with E-state index in [1.165, 1.54) is 0 Å². The minimum atomic E-state index is 0.621. The molecule has 0 N–H and O–H groups in total. The Hall–Kier alpha value is -2.41. The molecule has 0 radical (unpaired) electrons. The molecule has 18 heavy (non-hydrogen) atoms. The molecule has 1 heterocycles. The lowest BCUT2D eigenvalue weighted by atomic mass is 10.2. The van der Waals surface area contributed by atoms with Crippen molar-refractivity contribution in [2.45, 2.75) is 19.3 Å². The van der Waals surface area contributed by atoms with E-state index < -0.39 is 0 Å². The van der Waals surface area contributed by atoms with Gasteiger partial charge in [0.25, 0.3) is 0 Å². The van der Waals surface area contributed by atoms with Crippen LogP contribution >= 0.6 is 0 Å². The van der Waals surface area contributed by atoms with Gasteiger partial charge < -0.3 is 4.74 Å². The van der Waals surface area contributed by atoms with Gasteiger partial charge in [0.15, 0.2) is 0 Å². The van der Waals surface area contributed by atoms with Crippen LogP contribution in [0.15, 0.2) is 30.6 Å². The van der Waals surface area contributed by atoms with Crippen LogP contribution in [0.25, 0.3) is 0 Å². The zero-order valence-electron chi connectivity index (χ0n) is 9.76. The summed E-state index contributed by atoms with van der Waals surface area (Å²) in [6.45, 7) is 0. The third-order valence-electron chi connectivity index (χ3n) is 3.03. The zero-order chi connectivity index (χ0) is 12.4. The van der Waals surface area contributed by atoms with Crippen molar-refractivity contribution in [3.05, 3.63) is 47.4 Å². The van der Waals surface area contributed by atoms with Crippen LogP contribution in [0.1, 0.15) is 23.2 Å². The Morgan fingerprint density at radius 2 is 1.94 bits per heavy atom. The maximum Gasteiger partial charge on any atom is 0.225 e. The van der Waals surface area contributed by atoms with Gasteiger partial charge in [0.05, 0.1) is 17.3 Å². The van der Waals surface area contributed by atoms with Gasteiger partial charge in [-0.15, -0.1) is 0 Å². The molecule has 0 saturated carbocycles. The van der Waals surface area contributed by atoms with E-state index in [0.717, 1.165) is 30.5 Å². The number of aryl methyl sites for hydroxylation is 1. The number of rotatable bonds is 2. The summed E-state index contributed by atoms with van der Waals surface area (Å²) < 4.78 is 5.76. The van der Waals surface area contributed by atoms with Crippen LogP contribution in [-0.2, 0) is 12.8 Å². The van der Waals surface area contributed by atoms with Crippen LogP contribution < -0.4 is 4.74 Å². The topological polar surface area (TPSA) is 58.8 Å². The van der Waals surface area contributed by atoms with E-state index in [0.29, 0.717) is 17.2 Å². The predicted octanol–water partition coefficient (Wildman–Crippen LogP) is 2.63. The van der Waals surface area contributed by atoms with Crippen molar-refractivity contribution in [3.8, 4) is 17.7 Å². The van der Waals surface area contributed by atoms with Gasteiger partial charge in [0, 0.05) is 5.56 Å². The number of fused-ring (bicyclic) bond motifs is 1. The minimum Gasteiger partial charge on any atom is -0.439 e. The average Bonchev–Trinajstić information content (AvgIpc) is 2.89. The molecular formula is C14H11N3O. The average molecular weight is 237 g/mol. The Labute approximate surface area is 105 Å². The number of aromatic nitrogens is 2. The van der Waals surface area contributed by atoms with Gasteiger partial charge in [-0.3, -0.25) is 0 Å². The molecule has 4 heteroatoms. The zero-order valence-corrected chi connectivity index (χ0v) is 9.76. The van der Waals surface area contributed by atoms with Gasteiger partial charge in [-0.2, -0.15) is 5.26 Å². The molecule has 0 unspecified atom stereocenters. The van der Waals surface area contributed by atoms with Gasteiger partial charge in [0.1, 0.15) is 12.1 Å². The Morgan fingerprint density at radius 1 is 1.11 bits per heavy atom. The number of ether oxygens (including phenoxy) is 1. The number of hydrogen-bond acceptors (Lipinski definition) is 4. The van der Waals surface area contributed by atoms with Crippen molar-refractivity contribution in [3.63, 3.8) is 0 Å². The van der Waals surface area contributed by atoms with Crippen molar-refractivity contribution >= 4 is 0 Å². The lowest BCUT2D eigenvalue weighted by Crippen LogP contribution is -1.96. The van der Waals surface area contributed by atoms with E-state index >= 15 is 0 Å². The highest BCUT2D eigenvalue weighted by Crippen LogP contribution is 2.30. The van der Waals surface area contributed by atoms with Crippen LogP contribution in [0.2, 0.25) is 0 Å².